The van der Waals surface area contributed by atoms with Crippen molar-refractivity contribution in [3.05, 3.63) is 70.3 Å². The number of nitrogens with one attached hydrogen (secondary N) is 2. The minimum absolute atomic E-state index is 0.130. The first-order valence-corrected chi connectivity index (χ1v) is 6.73. The van der Waals surface area contributed by atoms with Gasteiger partial charge in [0.05, 0.1) is 12.2 Å². The van der Waals surface area contributed by atoms with Crippen LogP contribution in [0.4, 0.5) is 4.79 Å². The molecule has 0 bridgehead atoms. The number of rotatable bonds is 4. The maximum atomic E-state index is 11.8. The van der Waals surface area contributed by atoms with Gasteiger partial charge in [-0.3, -0.25) is 9.89 Å². The van der Waals surface area contributed by atoms with E-state index in [2.05, 4.69) is 15.4 Å². The van der Waals surface area contributed by atoms with Crippen LogP contribution in [0.1, 0.15) is 11.3 Å². The fraction of sp³-hybridized carbons (Fsp3) is 0.133. The van der Waals surface area contributed by atoms with E-state index in [1.54, 1.807) is 12.3 Å². The molecule has 0 saturated heterocycles. The fourth-order valence-corrected chi connectivity index (χ4v) is 2.00. The molecule has 2 N–H and O–H groups in total. The average molecular weight is 298 g/mol. The zero-order valence-corrected chi connectivity index (χ0v) is 11.7. The Morgan fingerprint density at radius 3 is 2.91 bits per heavy atom. The lowest BCUT2D eigenvalue weighted by molar-refractivity contribution is 0.139. The van der Waals surface area contributed by atoms with Crippen LogP contribution in [0.15, 0.2) is 53.5 Å². The van der Waals surface area contributed by atoms with Gasteiger partial charge in [-0.2, -0.15) is 0 Å². The Hall–Kier alpha value is -3.09. The second kappa shape index (κ2) is 6.13. The molecular weight excluding hydrogens is 284 g/mol. The van der Waals surface area contributed by atoms with Crippen molar-refractivity contribution in [3.8, 4) is 0 Å². The molecule has 7 nitrogen and oxygen atoms in total. The van der Waals surface area contributed by atoms with E-state index in [1.807, 2.05) is 30.3 Å². The molecular formula is C15H14N4O3. The van der Waals surface area contributed by atoms with Gasteiger partial charge in [0.1, 0.15) is 6.61 Å². The van der Waals surface area contributed by atoms with Gasteiger partial charge in [-0.15, -0.1) is 0 Å². The lowest BCUT2D eigenvalue weighted by Crippen LogP contribution is -2.25. The van der Waals surface area contributed by atoms with Gasteiger partial charge in [0.15, 0.2) is 5.65 Å². The molecule has 0 aliphatic carbocycles. The molecule has 1 amide bonds. The van der Waals surface area contributed by atoms with Gasteiger partial charge in [0.2, 0.25) is 0 Å². The van der Waals surface area contributed by atoms with E-state index < -0.39 is 6.09 Å². The Morgan fingerprint density at radius 1 is 1.27 bits per heavy atom. The molecule has 0 aliphatic heterocycles. The van der Waals surface area contributed by atoms with Gasteiger partial charge in [0, 0.05) is 18.3 Å². The second-order valence-electron chi connectivity index (χ2n) is 4.66. The zero-order chi connectivity index (χ0) is 15.4. The van der Waals surface area contributed by atoms with Crippen molar-refractivity contribution >= 4 is 11.7 Å². The van der Waals surface area contributed by atoms with Crippen molar-refractivity contribution in [1.82, 2.24) is 19.9 Å². The van der Waals surface area contributed by atoms with E-state index in [0.29, 0.717) is 11.3 Å². The number of carbonyl (C=O) groups excluding carboxylic acids is 1. The number of H-pyrrole nitrogens is 1. The molecule has 0 aliphatic rings. The monoisotopic (exact) mass is 298 g/mol. The third kappa shape index (κ3) is 3.14. The number of hydrogen-bond acceptors (Lipinski definition) is 4. The summed E-state index contributed by atoms with van der Waals surface area (Å²) in [5, 5.41) is 5.32. The van der Waals surface area contributed by atoms with Crippen LogP contribution in [0.3, 0.4) is 0 Å². The Bertz CT molecular complexity index is 839. The van der Waals surface area contributed by atoms with Crippen LogP contribution < -0.4 is 10.9 Å². The van der Waals surface area contributed by atoms with Crippen molar-refractivity contribution in [3.63, 3.8) is 0 Å². The number of aromatic nitrogens is 3. The largest absolute Gasteiger partial charge is 0.445 e. The molecule has 3 rings (SSSR count). The molecule has 0 spiro atoms. The summed E-state index contributed by atoms with van der Waals surface area (Å²) in [7, 11) is 0. The number of ether oxygens (including phenoxy) is 1. The Labute approximate surface area is 125 Å². The van der Waals surface area contributed by atoms with E-state index in [-0.39, 0.29) is 18.7 Å². The maximum Gasteiger partial charge on any atom is 0.407 e. The highest BCUT2D eigenvalue weighted by Crippen LogP contribution is 2.01. The molecule has 0 unspecified atom stereocenters. The van der Waals surface area contributed by atoms with Crippen LogP contribution in [-0.2, 0) is 17.9 Å². The van der Waals surface area contributed by atoms with Crippen molar-refractivity contribution in [2.24, 2.45) is 0 Å². The normalized spacial score (nSPS) is 10.5. The molecule has 2 aromatic heterocycles. The summed E-state index contributed by atoms with van der Waals surface area (Å²) in [6.45, 7) is 0.324. The van der Waals surface area contributed by atoms with Crippen LogP contribution in [0.5, 0.6) is 0 Å². The number of amides is 1. The van der Waals surface area contributed by atoms with E-state index >= 15 is 0 Å². The van der Waals surface area contributed by atoms with Crippen molar-refractivity contribution < 1.29 is 9.53 Å². The molecule has 0 fully saturated rings. The highest BCUT2D eigenvalue weighted by molar-refractivity contribution is 5.67. The second-order valence-corrected chi connectivity index (χ2v) is 4.66. The first kappa shape index (κ1) is 13.9. The lowest BCUT2D eigenvalue weighted by Gasteiger charge is -2.07. The SMILES string of the molecule is O=C(NCc1cc(=O)n2[nH]ccc2n1)OCc1ccccc1. The summed E-state index contributed by atoms with van der Waals surface area (Å²) in [5.74, 6) is 0. The maximum absolute atomic E-state index is 11.8. The van der Waals surface area contributed by atoms with Gasteiger partial charge < -0.3 is 10.1 Å². The Kier molecular flexibility index (Phi) is 3.86. The molecule has 1 aromatic carbocycles. The smallest absolute Gasteiger partial charge is 0.407 e. The van der Waals surface area contributed by atoms with E-state index in [1.165, 1.54) is 10.6 Å². The summed E-state index contributed by atoms with van der Waals surface area (Å²) in [6.07, 6.45) is 1.06. The predicted molar refractivity (Wildman–Crippen MR) is 79.3 cm³/mol. The zero-order valence-electron chi connectivity index (χ0n) is 11.7. The number of nitrogens with zero attached hydrogens (tertiary/aromatic N) is 2. The minimum atomic E-state index is -0.556. The van der Waals surface area contributed by atoms with Gasteiger partial charge in [0.25, 0.3) is 5.56 Å². The Balaban J connectivity index is 1.57. The Morgan fingerprint density at radius 2 is 2.09 bits per heavy atom. The van der Waals surface area contributed by atoms with Crippen LogP contribution in [0.2, 0.25) is 0 Å². The molecule has 7 heteroatoms. The molecule has 0 saturated carbocycles. The van der Waals surface area contributed by atoms with E-state index in [0.717, 1.165) is 5.56 Å². The molecule has 0 atom stereocenters. The van der Waals surface area contributed by atoms with Crippen molar-refractivity contribution in [2.45, 2.75) is 13.2 Å². The minimum Gasteiger partial charge on any atom is -0.445 e. The number of aromatic amines is 1. The van der Waals surface area contributed by atoms with Gasteiger partial charge >= 0.3 is 6.09 Å². The molecule has 0 radical (unpaired) electrons. The van der Waals surface area contributed by atoms with Gasteiger partial charge in [-0.1, -0.05) is 30.3 Å². The number of alkyl carbamates (subject to hydrolysis) is 1. The molecule has 22 heavy (non-hydrogen) atoms. The van der Waals surface area contributed by atoms with Gasteiger partial charge in [-0.05, 0) is 5.56 Å². The van der Waals surface area contributed by atoms with Crippen LogP contribution >= 0.6 is 0 Å². The average Bonchev–Trinajstić information content (AvgIpc) is 3.01. The summed E-state index contributed by atoms with van der Waals surface area (Å²) in [4.78, 5) is 27.6. The quantitative estimate of drug-likeness (QED) is 0.763. The molecule has 112 valence electrons. The number of benzene rings is 1. The number of carbonyl (C=O) groups is 1. The topological polar surface area (TPSA) is 88.5 Å². The van der Waals surface area contributed by atoms with Crippen LogP contribution in [0.25, 0.3) is 5.65 Å². The first-order chi connectivity index (χ1) is 10.7. The molecule has 3 aromatic rings. The third-order valence-corrected chi connectivity index (χ3v) is 3.06. The van der Waals surface area contributed by atoms with Crippen molar-refractivity contribution in [1.29, 1.82) is 0 Å². The summed E-state index contributed by atoms with van der Waals surface area (Å²) in [6, 6.07) is 12.4. The standard InChI is InChI=1S/C15H14N4O3/c20-14-8-12(18-13-6-7-17-19(13)14)9-16-15(21)22-10-11-4-2-1-3-5-11/h1-8,17H,9-10H2,(H,16,21). The number of hydrogen-bond donors (Lipinski definition) is 2. The van der Waals surface area contributed by atoms with Crippen LogP contribution in [-0.4, -0.2) is 20.7 Å². The predicted octanol–water partition coefficient (Wildman–Crippen LogP) is 1.45. The summed E-state index contributed by atoms with van der Waals surface area (Å²) < 4.78 is 6.40. The molecule has 2 heterocycles. The number of fused-ring (bicyclic) bond motifs is 1. The van der Waals surface area contributed by atoms with E-state index in [9.17, 15) is 9.59 Å². The van der Waals surface area contributed by atoms with Crippen LogP contribution in [0, 0.1) is 0 Å². The first-order valence-electron chi connectivity index (χ1n) is 6.73. The van der Waals surface area contributed by atoms with E-state index in [4.69, 9.17) is 4.74 Å². The highest BCUT2D eigenvalue weighted by atomic mass is 16.5. The third-order valence-electron chi connectivity index (χ3n) is 3.06. The summed E-state index contributed by atoms with van der Waals surface area (Å²) in [5.41, 5.74) is 1.65. The fourth-order valence-electron chi connectivity index (χ4n) is 2.00. The van der Waals surface area contributed by atoms with Gasteiger partial charge in [-0.25, -0.2) is 14.3 Å². The lowest BCUT2D eigenvalue weighted by atomic mass is 10.2. The van der Waals surface area contributed by atoms with Crippen molar-refractivity contribution in [2.75, 3.05) is 0 Å². The highest BCUT2D eigenvalue weighted by Gasteiger charge is 2.06. The summed E-state index contributed by atoms with van der Waals surface area (Å²) >= 11 is 0.